The summed E-state index contributed by atoms with van der Waals surface area (Å²) in [5.41, 5.74) is 0.813. The number of hydrogen-bond acceptors (Lipinski definition) is 4. The van der Waals surface area contributed by atoms with Crippen LogP contribution in [0.15, 0.2) is 22.6 Å². The number of benzene rings is 1. The second-order valence-electron chi connectivity index (χ2n) is 3.45. The van der Waals surface area contributed by atoms with E-state index < -0.39 is 15.9 Å². The second kappa shape index (κ2) is 4.54. The van der Waals surface area contributed by atoms with E-state index in [0.717, 1.165) is 6.26 Å². The van der Waals surface area contributed by atoms with Gasteiger partial charge in [-0.05, 0) is 6.07 Å². The van der Waals surface area contributed by atoms with Gasteiger partial charge < -0.3 is 4.42 Å². The molecule has 0 spiro atoms. The van der Waals surface area contributed by atoms with Gasteiger partial charge in [-0.15, -0.1) is 0 Å². The fourth-order valence-corrected chi connectivity index (χ4v) is 2.25. The molecule has 4 nitrogen and oxygen atoms in total. The van der Waals surface area contributed by atoms with Gasteiger partial charge in [0.2, 0.25) is 3.77 Å². The molecule has 92 valence electrons. The van der Waals surface area contributed by atoms with Crippen molar-refractivity contribution in [3.05, 3.63) is 33.3 Å². The number of para-hydroxylation sites is 1. The first-order valence-corrected chi connectivity index (χ1v) is 7.48. The predicted octanol–water partition coefficient (Wildman–Crippen LogP) is 2.65. The molecule has 0 aliphatic heterocycles. The Bertz CT molecular complexity index is 662. The summed E-state index contributed by atoms with van der Waals surface area (Å²) in [6, 6.07) is 4.82. The van der Waals surface area contributed by atoms with Crippen molar-refractivity contribution >= 4 is 43.7 Å². The van der Waals surface area contributed by atoms with Crippen molar-refractivity contribution in [1.82, 2.24) is 0 Å². The van der Waals surface area contributed by atoms with Crippen LogP contribution in [-0.4, -0.2) is 14.7 Å². The molecule has 0 aliphatic rings. The Morgan fingerprint density at radius 1 is 1.47 bits per heavy atom. The van der Waals surface area contributed by atoms with Gasteiger partial charge in [-0.1, -0.05) is 12.1 Å². The summed E-state index contributed by atoms with van der Waals surface area (Å²) < 4.78 is 45.4. The van der Waals surface area contributed by atoms with Crippen LogP contribution in [0, 0.1) is 9.58 Å². The van der Waals surface area contributed by atoms with E-state index in [2.05, 4.69) is 4.18 Å². The van der Waals surface area contributed by atoms with Crippen LogP contribution in [0.5, 0.6) is 0 Å². The third kappa shape index (κ3) is 2.78. The van der Waals surface area contributed by atoms with Crippen LogP contribution < -0.4 is 0 Å². The van der Waals surface area contributed by atoms with Gasteiger partial charge in [-0.2, -0.15) is 8.42 Å². The van der Waals surface area contributed by atoms with Crippen molar-refractivity contribution in [2.24, 2.45) is 0 Å². The highest BCUT2D eigenvalue weighted by atomic mass is 127. The molecule has 1 aromatic carbocycles. The van der Waals surface area contributed by atoms with Crippen molar-refractivity contribution in [1.29, 1.82) is 0 Å². The zero-order valence-corrected chi connectivity index (χ0v) is 11.7. The highest BCUT2D eigenvalue weighted by Crippen LogP contribution is 2.28. The molecule has 1 heterocycles. The monoisotopic (exact) mass is 370 g/mol. The maximum atomic E-state index is 13.6. The average Bonchev–Trinajstić information content (AvgIpc) is 2.52. The van der Waals surface area contributed by atoms with E-state index in [1.165, 1.54) is 0 Å². The first-order chi connectivity index (χ1) is 7.88. The molecular formula is C10H8FIO4S. The number of fused-ring (bicyclic) bond motifs is 1. The Labute approximate surface area is 111 Å². The first-order valence-electron chi connectivity index (χ1n) is 4.58. The van der Waals surface area contributed by atoms with Gasteiger partial charge in [0.15, 0.2) is 5.82 Å². The number of halogens is 2. The van der Waals surface area contributed by atoms with Crippen molar-refractivity contribution in [3.8, 4) is 0 Å². The van der Waals surface area contributed by atoms with Gasteiger partial charge >= 0.3 is 0 Å². The summed E-state index contributed by atoms with van der Waals surface area (Å²) in [7, 11) is -3.53. The zero-order valence-electron chi connectivity index (χ0n) is 8.74. The lowest BCUT2D eigenvalue weighted by atomic mass is 10.1. The maximum Gasteiger partial charge on any atom is 0.264 e. The van der Waals surface area contributed by atoms with Crippen molar-refractivity contribution in [2.45, 2.75) is 6.61 Å². The molecule has 0 radical (unpaired) electrons. The summed E-state index contributed by atoms with van der Waals surface area (Å²) in [5.74, 6) is -0.443. The van der Waals surface area contributed by atoms with Crippen LogP contribution in [0.1, 0.15) is 5.56 Å². The van der Waals surface area contributed by atoms with E-state index in [-0.39, 0.29) is 10.4 Å². The predicted molar refractivity (Wildman–Crippen MR) is 68.5 cm³/mol. The molecule has 0 N–H and O–H groups in total. The smallest absolute Gasteiger partial charge is 0.264 e. The fourth-order valence-electron chi connectivity index (χ4n) is 1.40. The van der Waals surface area contributed by atoms with Crippen LogP contribution in [-0.2, 0) is 20.9 Å². The van der Waals surface area contributed by atoms with Gasteiger partial charge in [0.1, 0.15) is 5.58 Å². The number of furan rings is 1. The summed E-state index contributed by atoms with van der Waals surface area (Å²) in [5, 5.41) is 0.323. The van der Waals surface area contributed by atoms with E-state index in [0.29, 0.717) is 16.5 Å². The third-order valence-electron chi connectivity index (χ3n) is 2.13. The highest BCUT2D eigenvalue weighted by Gasteiger charge is 2.15. The minimum atomic E-state index is -3.53. The fraction of sp³-hybridized carbons (Fsp3) is 0.200. The minimum Gasteiger partial charge on any atom is -0.447 e. The van der Waals surface area contributed by atoms with Crippen LogP contribution in [0.25, 0.3) is 11.0 Å². The summed E-state index contributed by atoms with van der Waals surface area (Å²) >= 11 is 1.74. The molecular weight excluding hydrogens is 362 g/mol. The molecule has 0 saturated heterocycles. The van der Waals surface area contributed by atoms with Crippen LogP contribution in [0.3, 0.4) is 0 Å². The van der Waals surface area contributed by atoms with E-state index in [9.17, 15) is 12.8 Å². The third-order valence-corrected chi connectivity index (χ3v) is 3.37. The molecule has 2 rings (SSSR count). The molecule has 7 heteroatoms. The van der Waals surface area contributed by atoms with Crippen molar-refractivity contribution < 1.29 is 21.4 Å². The Morgan fingerprint density at radius 2 is 2.18 bits per heavy atom. The summed E-state index contributed by atoms with van der Waals surface area (Å²) in [6.45, 7) is -0.167. The van der Waals surface area contributed by atoms with Crippen LogP contribution >= 0.6 is 22.6 Å². The topological polar surface area (TPSA) is 56.5 Å². The molecule has 0 unspecified atom stereocenters. The zero-order chi connectivity index (χ0) is 12.6. The molecule has 1 aromatic heterocycles. The van der Waals surface area contributed by atoms with Gasteiger partial charge in [0, 0.05) is 28.2 Å². The SMILES string of the molecule is CS(=O)(=O)OCc1cccc2c(F)c(I)oc12. The van der Waals surface area contributed by atoms with Crippen molar-refractivity contribution in [2.75, 3.05) is 6.26 Å². The average molecular weight is 370 g/mol. The standard InChI is InChI=1S/C10H8FIO4S/c1-17(13,14)15-5-6-3-2-4-7-8(11)10(12)16-9(6)7/h2-4H,5H2,1H3. The largest absolute Gasteiger partial charge is 0.447 e. The van der Waals surface area contributed by atoms with Gasteiger partial charge in [-0.25, -0.2) is 4.39 Å². The van der Waals surface area contributed by atoms with Crippen molar-refractivity contribution in [3.63, 3.8) is 0 Å². The Morgan fingerprint density at radius 3 is 2.82 bits per heavy atom. The second-order valence-corrected chi connectivity index (χ2v) is 6.07. The van der Waals surface area contributed by atoms with Crippen LogP contribution in [0.4, 0.5) is 4.39 Å². The molecule has 0 aliphatic carbocycles. The lowest BCUT2D eigenvalue weighted by Gasteiger charge is -2.01. The van der Waals surface area contributed by atoms with Crippen LogP contribution in [0.2, 0.25) is 0 Å². The molecule has 2 aromatic rings. The Kier molecular flexibility index (Phi) is 3.41. The molecule has 0 atom stereocenters. The summed E-state index contributed by atoms with van der Waals surface area (Å²) in [4.78, 5) is 0. The van der Waals surface area contributed by atoms with E-state index in [1.54, 1.807) is 40.8 Å². The van der Waals surface area contributed by atoms with Gasteiger partial charge in [0.05, 0.1) is 18.2 Å². The number of hydrogen-bond donors (Lipinski definition) is 0. The normalized spacial score (nSPS) is 12.2. The maximum absolute atomic E-state index is 13.6. The van der Waals surface area contributed by atoms with Gasteiger partial charge in [-0.3, -0.25) is 4.18 Å². The Hall–Kier alpha value is -0.670. The molecule has 0 fully saturated rings. The molecule has 0 bridgehead atoms. The van der Waals surface area contributed by atoms with E-state index >= 15 is 0 Å². The molecule has 0 amide bonds. The highest BCUT2D eigenvalue weighted by molar-refractivity contribution is 14.1. The quantitative estimate of drug-likeness (QED) is 0.616. The summed E-state index contributed by atoms with van der Waals surface area (Å²) in [6.07, 6.45) is 0.958. The number of rotatable bonds is 3. The molecule has 0 saturated carbocycles. The minimum absolute atomic E-state index is 0.143. The Balaban J connectivity index is 2.45. The lowest BCUT2D eigenvalue weighted by Crippen LogP contribution is -2.02. The van der Waals surface area contributed by atoms with E-state index in [1.807, 2.05) is 0 Å². The molecule has 17 heavy (non-hydrogen) atoms. The first kappa shape index (κ1) is 12.8. The van der Waals surface area contributed by atoms with Gasteiger partial charge in [0.25, 0.3) is 10.1 Å². The lowest BCUT2D eigenvalue weighted by molar-refractivity contribution is 0.311. The van der Waals surface area contributed by atoms with E-state index in [4.69, 9.17) is 4.42 Å².